The van der Waals surface area contributed by atoms with Gasteiger partial charge in [0.05, 0.1) is 6.04 Å². The molecule has 0 fully saturated rings. The maximum absolute atomic E-state index is 13.8. The van der Waals surface area contributed by atoms with Crippen molar-refractivity contribution in [2.45, 2.75) is 19.0 Å². The standard InChI is InChI=1S/C25H19ClF2N2O3.ClH/c1-13(16-9-18(27)12-19(28)10-16)29-21(14-5-7-17(26)8-6-14)15-3-2-4-20(11-15)30-22-23(31)25(33)24(22)32;/h2-13,21,29-31H,1H3;1H. The van der Waals surface area contributed by atoms with Gasteiger partial charge in [0, 0.05) is 22.8 Å². The number of nitrogens with one attached hydrogen (secondary N) is 2. The van der Waals surface area contributed by atoms with Crippen molar-refractivity contribution in [3.63, 3.8) is 0 Å². The van der Waals surface area contributed by atoms with Crippen LogP contribution in [0.1, 0.15) is 35.7 Å². The predicted molar refractivity (Wildman–Crippen MR) is 131 cm³/mol. The third-order valence-corrected chi connectivity index (χ3v) is 5.63. The summed E-state index contributed by atoms with van der Waals surface area (Å²) >= 11 is 6.04. The van der Waals surface area contributed by atoms with Crippen LogP contribution in [0.15, 0.2) is 76.3 Å². The molecule has 2 atom stereocenters. The Kier molecular flexibility index (Phi) is 7.71. The van der Waals surface area contributed by atoms with E-state index in [9.17, 15) is 23.5 Å². The molecule has 176 valence electrons. The summed E-state index contributed by atoms with van der Waals surface area (Å²) in [5, 5.41) is 16.4. The zero-order valence-electron chi connectivity index (χ0n) is 17.8. The topological polar surface area (TPSA) is 78.4 Å². The average Bonchev–Trinajstić information content (AvgIpc) is 2.80. The zero-order chi connectivity index (χ0) is 23.7. The Bertz CT molecular complexity index is 1370. The molecule has 0 saturated heterocycles. The normalized spacial score (nSPS) is 12.7. The lowest BCUT2D eigenvalue weighted by Crippen LogP contribution is -2.32. The molecule has 0 spiro atoms. The maximum atomic E-state index is 13.8. The Labute approximate surface area is 205 Å². The molecular weight excluding hydrogens is 485 g/mol. The third-order valence-electron chi connectivity index (χ3n) is 5.38. The van der Waals surface area contributed by atoms with Crippen molar-refractivity contribution in [2.75, 3.05) is 5.32 Å². The number of hydrogen-bond acceptors (Lipinski definition) is 5. The highest BCUT2D eigenvalue weighted by Gasteiger charge is 2.22. The van der Waals surface area contributed by atoms with Gasteiger partial charge in [-0.05, 0) is 60.0 Å². The lowest BCUT2D eigenvalue weighted by atomic mass is 9.96. The van der Waals surface area contributed by atoms with Crippen molar-refractivity contribution in [1.29, 1.82) is 0 Å². The molecule has 2 unspecified atom stereocenters. The first-order chi connectivity index (χ1) is 15.7. The molecule has 0 bridgehead atoms. The van der Waals surface area contributed by atoms with E-state index in [1.165, 1.54) is 12.1 Å². The van der Waals surface area contributed by atoms with Gasteiger partial charge in [0.15, 0.2) is 5.75 Å². The summed E-state index contributed by atoms with van der Waals surface area (Å²) in [6.07, 6.45) is 0. The number of anilines is 2. The fraction of sp³-hybridized carbons (Fsp3) is 0.120. The molecule has 0 aliphatic rings. The summed E-state index contributed by atoms with van der Waals surface area (Å²) in [5.74, 6) is -1.93. The van der Waals surface area contributed by atoms with Gasteiger partial charge in [-0.2, -0.15) is 0 Å². The predicted octanol–water partition coefficient (Wildman–Crippen LogP) is 5.53. The quantitative estimate of drug-likeness (QED) is 0.288. The van der Waals surface area contributed by atoms with E-state index >= 15 is 0 Å². The third kappa shape index (κ3) is 5.28. The van der Waals surface area contributed by atoms with Gasteiger partial charge in [-0.3, -0.25) is 14.9 Å². The SMILES string of the molecule is CC(NC(c1ccc(Cl)cc1)c1cccc(Nc2c(O)c(=O)c2=O)c1)c1cc(F)cc(F)c1.Cl. The maximum Gasteiger partial charge on any atom is 0.271 e. The van der Waals surface area contributed by atoms with Crippen molar-refractivity contribution < 1.29 is 13.9 Å². The van der Waals surface area contributed by atoms with Crippen LogP contribution in [0.5, 0.6) is 5.75 Å². The van der Waals surface area contributed by atoms with Gasteiger partial charge in [0.2, 0.25) is 0 Å². The van der Waals surface area contributed by atoms with Gasteiger partial charge in [0.25, 0.3) is 10.9 Å². The van der Waals surface area contributed by atoms with Gasteiger partial charge in [0.1, 0.15) is 17.3 Å². The van der Waals surface area contributed by atoms with Gasteiger partial charge < -0.3 is 10.4 Å². The highest BCUT2D eigenvalue weighted by molar-refractivity contribution is 6.30. The second kappa shape index (κ2) is 10.3. The van der Waals surface area contributed by atoms with Crippen LogP contribution >= 0.6 is 24.0 Å². The van der Waals surface area contributed by atoms with Crippen molar-refractivity contribution >= 4 is 35.4 Å². The fourth-order valence-corrected chi connectivity index (χ4v) is 3.77. The van der Waals surface area contributed by atoms with Crippen molar-refractivity contribution in [1.82, 2.24) is 5.32 Å². The Hall–Kier alpha value is -3.26. The fourth-order valence-electron chi connectivity index (χ4n) is 3.65. The number of rotatable bonds is 7. The van der Waals surface area contributed by atoms with E-state index in [1.807, 2.05) is 18.2 Å². The van der Waals surface area contributed by atoms with Gasteiger partial charge in [-0.25, -0.2) is 8.78 Å². The van der Waals surface area contributed by atoms with Crippen LogP contribution in [0.2, 0.25) is 5.02 Å². The van der Waals surface area contributed by atoms with Crippen LogP contribution < -0.4 is 21.5 Å². The van der Waals surface area contributed by atoms with Crippen molar-refractivity contribution in [3.8, 4) is 5.75 Å². The van der Waals surface area contributed by atoms with Crippen LogP contribution in [0.25, 0.3) is 0 Å². The molecule has 9 heteroatoms. The molecule has 0 aliphatic heterocycles. The monoisotopic (exact) mass is 504 g/mol. The largest absolute Gasteiger partial charge is 0.502 e. The molecular formula is C25H20Cl2F2N2O3. The summed E-state index contributed by atoms with van der Waals surface area (Å²) in [4.78, 5) is 23.0. The number of halogens is 4. The van der Waals surface area contributed by atoms with E-state index in [2.05, 4.69) is 10.6 Å². The molecule has 0 amide bonds. The van der Waals surface area contributed by atoms with E-state index in [0.29, 0.717) is 16.3 Å². The minimum atomic E-state index is -0.925. The Morgan fingerprint density at radius 2 is 1.50 bits per heavy atom. The molecule has 4 rings (SSSR count). The molecule has 0 heterocycles. The Balaban J connectivity index is 0.00000324. The molecule has 5 nitrogen and oxygen atoms in total. The highest BCUT2D eigenvalue weighted by Crippen LogP contribution is 2.30. The van der Waals surface area contributed by atoms with Crippen LogP contribution in [-0.2, 0) is 0 Å². The first-order valence-corrected chi connectivity index (χ1v) is 10.5. The minimum absolute atomic E-state index is 0. The van der Waals surface area contributed by atoms with E-state index in [1.54, 1.807) is 37.3 Å². The first-order valence-electron chi connectivity index (χ1n) is 10.1. The summed E-state index contributed by atoms with van der Waals surface area (Å²) in [5.41, 5.74) is 0.672. The van der Waals surface area contributed by atoms with Gasteiger partial charge >= 0.3 is 0 Å². The molecule has 3 N–H and O–H groups in total. The summed E-state index contributed by atoms with van der Waals surface area (Å²) < 4.78 is 27.5. The van der Waals surface area contributed by atoms with E-state index in [0.717, 1.165) is 17.2 Å². The van der Waals surface area contributed by atoms with Gasteiger partial charge in [-0.15, -0.1) is 12.4 Å². The Morgan fingerprint density at radius 3 is 2.12 bits per heavy atom. The lowest BCUT2D eigenvalue weighted by Gasteiger charge is -2.25. The second-order valence-corrected chi connectivity index (χ2v) is 8.14. The molecule has 0 radical (unpaired) electrons. The van der Waals surface area contributed by atoms with Crippen LogP contribution in [0, 0.1) is 11.6 Å². The second-order valence-electron chi connectivity index (χ2n) is 7.71. The van der Waals surface area contributed by atoms with Crippen LogP contribution in [-0.4, -0.2) is 5.11 Å². The summed E-state index contributed by atoms with van der Waals surface area (Å²) in [6.45, 7) is 1.79. The van der Waals surface area contributed by atoms with Crippen molar-refractivity contribution in [2.24, 2.45) is 0 Å². The lowest BCUT2D eigenvalue weighted by molar-refractivity contribution is 0.466. The molecule has 4 aromatic carbocycles. The summed E-state index contributed by atoms with van der Waals surface area (Å²) in [6, 6.07) is 16.7. The zero-order valence-corrected chi connectivity index (χ0v) is 19.4. The Morgan fingerprint density at radius 1 is 0.853 bits per heavy atom. The minimum Gasteiger partial charge on any atom is -0.502 e. The molecule has 0 aromatic heterocycles. The van der Waals surface area contributed by atoms with Crippen LogP contribution in [0.4, 0.5) is 20.2 Å². The van der Waals surface area contributed by atoms with Gasteiger partial charge in [-0.1, -0.05) is 35.9 Å². The summed E-state index contributed by atoms with van der Waals surface area (Å²) in [7, 11) is 0. The molecule has 4 aromatic rings. The van der Waals surface area contributed by atoms with Crippen molar-refractivity contribution in [3.05, 3.63) is 121 Å². The molecule has 34 heavy (non-hydrogen) atoms. The number of aromatic hydroxyl groups is 1. The number of benzene rings is 3. The average molecular weight is 505 g/mol. The van der Waals surface area contributed by atoms with E-state index in [4.69, 9.17) is 11.6 Å². The van der Waals surface area contributed by atoms with Crippen LogP contribution in [0.3, 0.4) is 0 Å². The number of hydrogen-bond donors (Lipinski definition) is 3. The van der Waals surface area contributed by atoms with E-state index in [-0.39, 0.29) is 18.1 Å². The highest BCUT2D eigenvalue weighted by atomic mass is 35.5. The molecule has 0 saturated carbocycles. The molecule has 0 aliphatic carbocycles. The first kappa shape index (κ1) is 25.4. The smallest absolute Gasteiger partial charge is 0.271 e. The van der Waals surface area contributed by atoms with E-state index < -0.39 is 40.3 Å².